The molecule has 0 amide bonds. The second-order valence-electron chi connectivity index (χ2n) is 7.65. The Balaban J connectivity index is 1.80. The number of aliphatic hydroxyl groups excluding tert-OH is 1. The number of hydrogen-bond acceptors (Lipinski definition) is 6. The van der Waals surface area contributed by atoms with E-state index in [1.165, 1.54) is 0 Å². The number of anilines is 2. The molecule has 0 bridgehead atoms. The lowest BCUT2D eigenvalue weighted by atomic mass is 10.1. The summed E-state index contributed by atoms with van der Waals surface area (Å²) in [6, 6.07) is 12.5. The zero-order valence-electron chi connectivity index (χ0n) is 18.9. The third-order valence-corrected chi connectivity index (χ3v) is 5.94. The standard InChI is InChI=1S/C23H29N3O6S/c1-4-26-21-15-17(9-10-18(21)16(2)22(26)23(28)29)32-14-12-25(11-13-27)20-8-6-5-7-19(20)24-33(3,30)31/h5-10,15,24,27H,4,11-14H2,1-3H3,(H,28,29). The molecule has 0 saturated carbocycles. The number of ether oxygens (including phenoxy) is 1. The maximum Gasteiger partial charge on any atom is 0.352 e. The predicted molar refractivity (Wildman–Crippen MR) is 129 cm³/mol. The van der Waals surface area contributed by atoms with Gasteiger partial charge in [-0.15, -0.1) is 0 Å². The lowest BCUT2D eigenvalue weighted by Crippen LogP contribution is -2.32. The average Bonchev–Trinajstić information content (AvgIpc) is 3.04. The summed E-state index contributed by atoms with van der Waals surface area (Å²) in [5, 5.41) is 20.0. The van der Waals surface area contributed by atoms with Gasteiger partial charge in [-0.3, -0.25) is 4.72 Å². The molecule has 0 spiro atoms. The van der Waals surface area contributed by atoms with Crippen LogP contribution in [0.5, 0.6) is 5.75 Å². The molecule has 0 saturated heterocycles. The topological polar surface area (TPSA) is 121 Å². The van der Waals surface area contributed by atoms with E-state index in [1.807, 2.05) is 24.0 Å². The highest BCUT2D eigenvalue weighted by molar-refractivity contribution is 7.92. The maximum atomic E-state index is 11.7. The molecule has 0 radical (unpaired) electrons. The van der Waals surface area contributed by atoms with Crippen molar-refractivity contribution < 1.29 is 28.2 Å². The molecule has 0 fully saturated rings. The Kier molecular flexibility index (Phi) is 7.50. The minimum Gasteiger partial charge on any atom is -0.492 e. The Morgan fingerprint density at radius 3 is 2.55 bits per heavy atom. The van der Waals surface area contributed by atoms with E-state index in [1.54, 1.807) is 41.8 Å². The molecule has 0 aliphatic heterocycles. The van der Waals surface area contributed by atoms with Crippen LogP contribution >= 0.6 is 0 Å². The number of sulfonamides is 1. The number of fused-ring (bicyclic) bond motifs is 1. The summed E-state index contributed by atoms with van der Waals surface area (Å²) in [5.74, 6) is -0.368. The van der Waals surface area contributed by atoms with Gasteiger partial charge in [0.05, 0.1) is 36.3 Å². The lowest BCUT2D eigenvalue weighted by Gasteiger charge is -2.26. The van der Waals surface area contributed by atoms with Gasteiger partial charge in [0, 0.05) is 24.5 Å². The summed E-state index contributed by atoms with van der Waals surface area (Å²) >= 11 is 0. The molecule has 1 aromatic heterocycles. The Morgan fingerprint density at radius 2 is 1.91 bits per heavy atom. The lowest BCUT2D eigenvalue weighted by molar-refractivity contribution is 0.0685. The van der Waals surface area contributed by atoms with Gasteiger partial charge in [0.2, 0.25) is 10.0 Å². The summed E-state index contributed by atoms with van der Waals surface area (Å²) in [5.41, 5.74) is 2.84. The van der Waals surface area contributed by atoms with E-state index in [2.05, 4.69) is 4.72 Å². The van der Waals surface area contributed by atoms with Gasteiger partial charge in [-0.2, -0.15) is 0 Å². The number of hydrogen-bond donors (Lipinski definition) is 3. The summed E-state index contributed by atoms with van der Waals surface area (Å²) in [4.78, 5) is 13.5. The average molecular weight is 476 g/mol. The van der Waals surface area contributed by atoms with Crippen molar-refractivity contribution >= 4 is 38.3 Å². The number of rotatable bonds is 11. The zero-order valence-corrected chi connectivity index (χ0v) is 19.7. The first-order valence-electron chi connectivity index (χ1n) is 10.6. The highest BCUT2D eigenvalue weighted by atomic mass is 32.2. The number of nitrogens with zero attached hydrogens (tertiary/aromatic N) is 2. The van der Waals surface area contributed by atoms with Crippen molar-refractivity contribution in [2.75, 3.05) is 42.2 Å². The molecule has 3 N–H and O–H groups in total. The normalized spacial score (nSPS) is 11.5. The number of aromatic carboxylic acids is 1. The van der Waals surface area contributed by atoms with E-state index < -0.39 is 16.0 Å². The van der Waals surface area contributed by atoms with Crippen LogP contribution in [0.25, 0.3) is 10.9 Å². The monoisotopic (exact) mass is 475 g/mol. The van der Waals surface area contributed by atoms with Crippen LogP contribution in [0.3, 0.4) is 0 Å². The molecule has 0 aliphatic rings. The molecule has 1 heterocycles. The van der Waals surface area contributed by atoms with Crippen molar-refractivity contribution in [3.05, 3.63) is 53.7 Å². The predicted octanol–water partition coefficient (Wildman–Crippen LogP) is 2.92. The van der Waals surface area contributed by atoms with Crippen molar-refractivity contribution in [3.8, 4) is 5.75 Å². The Labute approximate surface area is 193 Å². The highest BCUT2D eigenvalue weighted by Crippen LogP contribution is 2.30. The zero-order chi connectivity index (χ0) is 24.2. The molecule has 0 unspecified atom stereocenters. The number of para-hydroxylation sites is 2. The van der Waals surface area contributed by atoms with Crippen molar-refractivity contribution in [3.63, 3.8) is 0 Å². The van der Waals surface area contributed by atoms with Gasteiger partial charge in [0.1, 0.15) is 18.1 Å². The molecule has 0 aliphatic carbocycles. The molecule has 3 rings (SSSR count). The largest absolute Gasteiger partial charge is 0.492 e. The van der Waals surface area contributed by atoms with E-state index >= 15 is 0 Å². The number of aryl methyl sites for hydroxylation is 2. The van der Waals surface area contributed by atoms with Crippen molar-refractivity contribution in [1.82, 2.24) is 4.57 Å². The van der Waals surface area contributed by atoms with Gasteiger partial charge in [0.15, 0.2) is 0 Å². The van der Waals surface area contributed by atoms with Gasteiger partial charge in [-0.25, -0.2) is 13.2 Å². The highest BCUT2D eigenvalue weighted by Gasteiger charge is 2.19. The van der Waals surface area contributed by atoms with Crippen molar-refractivity contribution in [1.29, 1.82) is 0 Å². The number of carboxylic acids is 1. The Morgan fingerprint density at radius 1 is 1.18 bits per heavy atom. The van der Waals surface area contributed by atoms with Crippen LogP contribution in [0.4, 0.5) is 11.4 Å². The van der Waals surface area contributed by atoms with Crippen LogP contribution in [0, 0.1) is 6.92 Å². The minimum absolute atomic E-state index is 0.111. The smallest absolute Gasteiger partial charge is 0.352 e. The van der Waals surface area contributed by atoms with Crippen LogP contribution in [0.15, 0.2) is 42.5 Å². The Bertz CT molecular complexity index is 1250. The molecular weight excluding hydrogens is 446 g/mol. The van der Waals surface area contributed by atoms with Crippen molar-refractivity contribution in [2.45, 2.75) is 20.4 Å². The van der Waals surface area contributed by atoms with Gasteiger partial charge in [-0.05, 0) is 43.7 Å². The SMILES string of the molecule is CCn1c(C(=O)O)c(C)c2ccc(OCCN(CCO)c3ccccc3NS(C)(=O)=O)cc21. The molecule has 2 aromatic carbocycles. The van der Waals surface area contributed by atoms with Crippen LogP contribution in [-0.2, 0) is 16.6 Å². The molecule has 33 heavy (non-hydrogen) atoms. The summed E-state index contributed by atoms with van der Waals surface area (Å²) in [7, 11) is -3.46. The first kappa shape index (κ1) is 24.4. The molecule has 10 heteroatoms. The number of benzene rings is 2. The fourth-order valence-electron chi connectivity index (χ4n) is 3.98. The number of aromatic nitrogens is 1. The van der Waals surface area contributed by atoms with Gasteiger partial charge in [-0.1, -0.05) is 12.1 Å². The minimum atomic E-state index is -3.46. The third kappa shape index (κ3) is 5.58. The third-order valence-electron chi connectivity index (χ3n) is 5.35. The van der Waals surface area contributed by atoms with Crippen LogP contribution < -0.4 is 14.4 Å². The van der Waals surface area contributed by atoms with E-state index in [0.29, 0.717) is 36.8 Å². The summed E-state index contributed by atoms with van der Waals surface area (Å²) in [6.45, 7) is 5.07. The second kappa shape index (κ2) is 10.1. The number of carbonyl (C=O) groups is 1. The van der Waals surface area contributed by atoms with E-state index in [9.17, 15) is 23.4 Å². The quantitative estimate of drug-likeness (QED) is 0.390. The summed E-state index contributed by atoms with van der Waals surface area (Å²) in [6.07, 6.45) is 1.09. The number of aliphatic hydroxyl groups is 1. The van der Waals surface area contributed by atoms with Crippen LogP contribution in [-0.4, -0.2) is 61.7 Å². The van der Waals surface area contributed by atoms with Crippen LogP contribution in [0.1, 0.15) is 23.0 Å². The fraction of sp³-hybridized carbons (Fsp3) is 0.348. The van der Waals surface area contributed by atoms with Gasteiger partial charge >= 0.3 is 5.97 Å². The number of nitrogens with one attached hydrogen (secondary N) is 1. The van der Waals surface area contributed by atoms with E-state index in [-0.39, 0.29) is 18.9 Å². The second-order valence-corrected chi connectivity index (χ2v) is 9.40. The van der Waals surface area contributed by atoms with Crippen LogP contribution in [0.2, 0.25) is 0 Å². The van der Waals surface area contributed by atoms with Gasteiger partial charge in [0.25, 0.3) is 0 Å². The first-order valence-corrected chi connectivity index (χ1v) is 12.5. The molecule has 0 atom stereocenters. The summed E-state index contributed by atoms with van der Waals surface area (Å²) < 4.78 is 33.6. The van der Waals surface area contributed by atoms with Gasteiger partial charge < -0.3 is 24.4 Å². The fourth-order valence-corrected chi connectivity index (χ4v) is 4.55. The maximum absolute atomic E-state index is 11.7. The van der Waals surface area contributed by atoms with E-state index in [0.717, 1.165) is 22.7 Å². The first-order chi connectivity index (χ1) is 15.7. The molecular formula is C23H29N3O6S. The van der Waals surface area contributed by atoms with Crippen molar-refractivity contribution in [2.24, 2.45) is 0 Å². The van der Waals surface area contributed by atoms with E-state index in [4.69, 9.17) is 4.74 Å². The molecule has 178 valence electrons. The molecule has 9 nitrogen and oxygen atoms in total. The molecule has 3 aromatic rings. The Hall–Kier alpha value is -3.24. The number of carboxylic acid groups (broad SMARTS) is 1.